The lowest BCUT2D eigenvalue weighted by molar-refractivity contribution is -0.142. The minimum absolute atomic E-state index is 0.0406. The van der Waals surface area contributed by atoms with Crippen LogP contribution in [0.1, 0.15) is 50.0 Å². The topological polar surface area (TPSA) is 77.9 Å². The van der Waals surface area contributed by atoms with Crippen molar-refractivity contribution in [1.29, 1.82) is 0 Å². The molecule has 1 N–H and O–H groups in total. The maximum atomic E-state index is 12.6. The number of benzene rings is 1. The number of carboxylic acid groups (broad SMARTS) is 1. The molecule has 0 saturated carbocycles. The molecular formula is C21H28N2O4. The van der Waals surface area contributed by atoms with Crippen molar-refractivity contribution in [1.82, 2.24) is 9.80 Å². The third-order valence-electron chi connectivity index (χ3n) is 5.73. The first-order valence-corrected chi connectivity index (χ1v) is 9.89. The smallest absolute Gasteiger partial charge is 0.308 e. The Morgan fingerprint density at radius 1 is 0.852 bits per heavy atom. The number of carbonyl (C=O) groups is 3. The van der Waals surface area contributed by atoms with Gasteiger partial charge in [-0.3, -0.25) is 14.4 Å². The molecule has 2 amide bonds. The van der Waals surface area contributed by atoms with Gasteiger partial charge in [0.15, 0.2) is 0 Å². The van der Waals surface area contributed by atoms with E-state index in [1.807, 2.05) is 35.2 Å². The summed E-state index contributed by atoms with van der Waals surface area (Å²) in [7, 11) is 0. The highest BCUT2D eigenvalue weighted by Crippen LogP contribution is 2.33. The molecule has 2 unspecified atom stereocenters. The number of aliphatic carboxylic acids is 1. The van der Waals surface area contributed by atoms with Crippen molar-refractivity contribution in [3.05, 3.63) is 35.9 Å². The average Bonchev–Trinajstić information content (AvgIpc) is 2.95. The highest BCUT2D eigenvalue weighted by atomic mass is 16.4. The van der Waals surface area contributed by atoms with E-state index in [4.69, 9.17) is 0 Å². The number of rotatable bonds is 5. The van der Waals surface area contributed by atoms with Crippen molar-refractivity contribution in [3.8, 4) is 0 Å². The fraction of sp³-hybridized carbons (Fsp3) is 0.571. The number of carboxylic acids is 1. The third-order valence-corrected chi connectivity index (χ3v) is 5.73. The highest BCUT2D eigenvalue weighted by molar-refractivity contribution is 5.85. The molecule has 0 bridgehead atoms. The van der Waals surface area contributed by atoms with Gasteiger partial charge in [0.1, 0.15) is 0 Å². The van der Waals surface area contributed by atoms with E-state index in [0.29, 0.717) is 6.54 Å². The zero-order valence-electron chi connectivity index (χ0n) is 15.7. The van der Waals surface area contributed by atoms with Gasteiger partial charge in [0, 0.05) is 44.9 Å². The van der Waals surface area contributed by atoms with Crippen LogP contribution in [0.3, 0.4) is 0 Å². The van der Waals surface area contributed by atoms with Crippen LogP contribution in [-0.4, -0.2) is 58.9 Å². The summed E-state index contributed by atoms with van der Waals surface area (Å²) in [5.74, 6) is -1.76. The van der Waals surface area contributed by atoms with Crippen molar-refractivity contribution in [2.45, 2.75) is 44.4 Å². The number of hydrogen-bond donors (Lipinski definition) is 1. The second kappa shape index (κ2) is 9.02. The van der Waals surface area contributed by atoms with E-state index in [9.17, 15) is 19.5 Å². The Balaban J connectivity index is 1.57. The predicted molar refractivity (Wildman–Crippen MR) is 101 cm³/mol. The molecule has 27 heavy (non-hydrogen) atoms. The van der Waals surface area contributed by atoms with Gasteiger partial charge in [-0.25, -0.2) is 0 Å². The van der Waals surface area contributed by atoms with E-state index >= 15 is 0 Å². The van der Waals surface area contributed by atoms with Crippen molar-refractivity contribution in [2.24, 2.45) is 5.92 Å². The van der Waals surface area contributed by atoms with Crippen LogP contribution in [0, 0.1) is 5.92 Å². The van der Waals surface area contributed by atoms with Crippen LogP contribution in [0.15, 0.2) is 30.3 Å². The van der Waals surface area contributed by atoms with Crippen LogP contribution >= 0.6 is 0 Å². The number of nitrogens with zero attached hydrogens (tertiary/aromatic N) is 2. The van der Waals surface area contributed by atoms with Gasteiger partial charge in [-0.05, 0) is 18.4 Å². The van der Waals surface area contributed by atoms with E-state index in [-0.39, 0.29) is 37.1 Å². The summed E-state index contributed by atoms with van der Waals surface area (Å²) in [6.45, 7) is 2.19. The van der Waals surface area contributed by atoms with Gasteiger partial charge in [0.2, 0.25) is 11.8 Å². The second-order valence-electron chi connectivity index (χ2n) is 7.56. The van der Waals surface area contributed by atoms with Crippen molar-refractivity contribution >= 4 is 17.8 Å². The van der Waals surface area contributed by atoms with Gasteiger partial charge in [0.05, 0.1) is 5.92 Å². The Morgan fingerprint density at radius 2 is 1.44 bits per heavy atom. The predicted octanol–water partition coefficient (Wildman–Crippen LogP) is 2.50. The van der Waals surface area contributed by atoms with Crippen LogP contribution in [0.4, 0.5) is 0 Å². The van der Waals surface area contributed by atoms with Crippen LogP contribution in [-0.2, 0) is 14.4 Å². The Labute approximate surface area is 160 Å². The fourth-order valence-electron chi connectivity index (χ4n) is 4.15. The molecule has 0 aromatic heterocycles. The monoisotopic (exact) mass is 372 g/mol. The summed E-state index contributed by atoms with van der Waals surface area (Å²) in [4.78, 5) is 40.1. The van der Waals surface area contributed by atoms with Crippen LogP contribution < -0.4 is 0 Å². The third kappa shape index (κ3) is 4.87. The van der Waals surface area contributed by atoms with Crippen LogP contribution in [0.2, 0.25) is 0 Å². The number of amides is 2. The number of likely N-dealkylation sites (tertiary alicyclic amines) is 2. The molecule has 3 rings (SSSR count). The summed E-state index contributed by atoms with van der Waals surface area (Å²) in [6, 6.07) is 9.50. The van der Waals surface area contributed by atoms with E-state index < -0.39 is 11.9 Å². The number of hydrogen-bond acceptors (Lipinski definition) is 3. The summed E-state index contributed by atoms with van der Waals surface area (Å²) in [5, 5.41) is 9.56. The SMILES string of the molecule is O=C(O)C1CN(C(=O)CCC(=O)N2CCCCCC2)CC1c1ccccc1. The molecule has 2 atom stereocenters. The highest BCUT2D eigenvalue weighted by Gasteiger charge is 2.40. The molecule has 2 aliphatic heterocycles. The first kappa shape index (κ1) is 19.4. The molecular weight excluding hydrogens is 344 g/mol. The Bertz CT molecular complexity index is 668. The normalized spacial score (nSPS) is 23.1. The molecule has 2 fully saturated rings. The van der Waals surface area contributed by atoms with Gasteiger partial charge >= 0.3 is 5.97 Å². The average molecular weight is 372 g/mol. The lowest BCUT2D eigenvalue weighted by Crippen LogP contribution is -2.34. The molecule has 2 saturated heterocycles. The zero-order chi connectivity index (χ0) is 19.2. The lowest BCUT2D eigenvalue weighted by Gasteiger charge is -2.21. The van der Waals surface area contributed by atoms with Gasteiger partial charge in [-0.2, -0.15) is 0 Å². The Hall–Kier alpha value is -2.37. The molecule has 2 heterocycles. The standard InChI is InChI=1S/C21H28N2O4/c24-19(22-12-6-1-2-7-13-22)10-11-20(25)23-14-17(18(15-23)21(26)27)16-8-4-3-5-9-16/h3-5,8-9,17-18H,1-2,6-7,10-15H2,(H,26,27). The fourth-order valence-corrected chi connectivity index (χ4v) is 4.15. The molecule has 6 nitrogen and oxygen atoms in total. The van der Waals surface area contributed by atoms with E-state index in [1.165, 1.54) is 0 Å². The lowest BCUT2D eigenvalue weighted by atomic mass is 9.89. The maximum absolute atomic E-state index is 12.6. The van der Waals surface area contributed by atoms with Gasteiger partial charge in [-0.1, -0.05) is 43.2 Å². The largest absolute Gasteiger partial charge is 0.481 e. The molecule has 1 aromatic carbocycles. The zero-order valence-corrected chi connectivity index (χ0v) is 15.7. The second-order valence-corrected chi connectivity index (χ2v) is 7.56. The molecule has 1 aromatic rings. The molecule has 6 heteroatoms. The van der Waals surface area contributed by atoms with E-state index in [1.54, 1.807) is 4.90 Å². The number of carbonyl (C=O) groups excluding carboxylic acids is 2. The molecule has 0 aliphatic carbocycles. The Kier molecular flexibility index (Phi) is 6.48. The Morgan fingerprint density at radius 3 is 2.04 bits per heavy atom. The van der Waals surface area contributed by atoms with Gasteiger partial charge in [-0.15, -0.1) is 0 Å². The maximum Gasteiger partial charge on any atom is 0.308 e. The summed E-state index contributed by atoms with van der Waals surface area (Å²) < 4.78 is 0. The summed E-state index contributed by atoms with van der Waals surface area (Å²) >= 11 is 0. The first-order valence-electron chi connectivity index (χ1n) is 9.89. The van der Waals surface area contributed by atoms with Crippen LogP contribution in [0.5, 0.6) is 0 Å². The minimum Gasteiger partial charge on any atom is -0.481 e. The van der Waals surface area contributed by atoms with Gasteiger partial charge in [0.25, 0.3) is 0 Å². The molecule has 2 aliphatic rings. The van der Waals surface area contributed by atoms with Gasteiger partial charge < -0.3 is 14.9 Å². The van der Waals surface area contributed by atoms with E-state index in [0.717, 1.165) is 44.3 Å². The first-order chi connectivity index (χ1) is 13.1. The van der Waals surface area contributed by atoms with Crippen LogP contribution in [0.25, 0.3) is 0 Å². The minimum atomic E-state index is -0.875. The molecule has 146 valence electrons. The quantitative estimate of drug-likeness (QED) is 0.861. The van der Waals surface area contributed by atoms with E-state index in [2.05, 4.69) is 0 Å². The summed E-state index contributed by atoms with van der Waals surface area (Å²) in [6.07, 6.45) is 4.75. The van der Waals surface area contributed by atoms with Crippen molar-refractivity contribution in [3.63, 3.8) is 0 Å². The molecule has 0 spiro atoms. The van der Waals surface area contributed by atoms with Crippen molar-refractivity contribution < 1.29 is 19.5 Å². The molecule has 0 radical (unpaired) electrons. The van der Waals surface area contributed by atoms with Crippen molar-refractivity contribution in [2.75, 3.05) is 26.2 Å². The summed E-state index contributed by atoms with van der Waals surface area (Å²) in [5.41, 5.74) is 0.945.